The largest absolute Gasteiger partial charge is 0.342 e. The number of nitrogens with zero attached hydrogens (tertiary/aromatic N) is 2. The molecular formula is C6H9N3. The van der Waals surface area contributed by atoms with Gasteiger partial charge in [0.1, 0.15) is 6.67 Å². The van der Waals surface area contributed by atoms with Crippen LogP contribution in [0.2, 0.25) is 0 Å². The Balaban J connectivity index is 2.23. The van der Waals surface area contributed by atoms with Crippen LogP contribution in [0.1, 0.15) is 0 Å². The maximum atomic E-state index is 4.10. The van der Waals surface area contributed by atoms with Crippen LogP contribution in [0.5, 0.6) is 0 Å². The quantitative estimate of drug-likeness (QED) is 0.482. The summed E-state index contributed by atoms with van der Waals surface area (Å²) in [5.74, 6) is 0. The van der Waals surface area contributed by atoms with Crippen LogP contribution in [0, 0.1) is 0 Å². The van der Waals surface area contributed by atoms with Crippen molar-refractivity contribution >= 4 is 6.21 Å². The zero-order valence-electron chi connectivity index (χ0n) is 5.17. The van der Waals surface area contributed by atoms with Crippen LogP contribution in [0.15, 0.2) is 16.8 Å². The first-order valence-corrected chi connectivity index (χ1v) is 3.11. The molecule has 1 saturated heterocycles. The van der Waals surface area contributed by atoms with Crippen LogP contribution in [-0.2, 0) is 0 Å². The average Bonchev–Trinajstić information content (AvgIpc) is 2.33. The van der Waals surface area contributed by atoms with Gasteiger partial charge in [0.25, 0.3) is 0 Å². The van der Waals surface area contributed by atoms with Gasteiger partial charge < -0.3 is 4.90 Å². The van der Waals surface area contributed by atoms with Gasteiger partial charge in [0, 0.05) is 18.5 Å². The number of rotatable bonds is 0. The Hall–Kier alpha value is -0.830. The topological polar surface area (TPSA) is 27.6 Å². The van der Waals surface area contributed by atoms with E-state index in [1.54, 1.807) is 0 Å². The van der Waals surface area contributed by atoms with Crippen molar-refractivity contribution in [3.05, 3.63) is 11.8 Å². The van der Waals surface area contributed by atoms with E-state index in [1.165, 1.54) is 5.70 Å². The van der Waals surface area contributed by atoms with Gasteiger partial charge in [-0.15, -0.1) is 0 Å². The molecule has 2 heterocycles. The van der Waals surface area contributed by atoms with Crippen LogP contribution in [-0.4, -0.2) is 31.0 Å². The van der Waals surface area contributed by atoms with Crippen molar-refractivity contribution in [2.24, 2.45) is 4.99 Å². The van der Waals surface area contributed by atoms with Crippen LogP contribution in [0.4, 0.5) is 0 Å². The molecule has 0 aromatic heterocycles. The molecule has 9 heavy (non-hydrogen) atoms. The Morgan fingerprint density at radius 1 is 1.67 bits per heavy atom. The van der Waals surface area contributed by atoms with Gasteiger partial charge in [-0.05, 0) is 6.08 Å². The molecule has 0 radical (unpaired) electrons. The fourth-order valence-electron chi connectivity index (χ4n) is 1.12. The second-order valence-corrected chi connectivity index (χ2v) is 2.26. The van der Waals surface area contributed by atoms with Gasteiger partial charge in [0.05, 0.1) is 6.67 Å². The highest BCUT2D eigenvalue weighted by Gasteiger charge is 2.15. The molecule has 2 rings (SSSR count). The highest BCUT2D eigenvalue weighted by molar-refractivity contribution is 5.73. The summed E-state index contributed by atoms with van der Waals surface area (Å²) in [7, 11) is 0. The molecule has 0 aromatic carbocycles. The van der Waals surface area contributed by atoms with Crippen molar-refractivity contribution in [3.63, 3.8) is 0 Å². The molecule has 3 nitrogen and oxygen atoms in total. The lowest BCUT2D eigenvalue weighted by Crippen LogP contribution is -2.22. The predicted octanol–water partition coefficient (Wildman–Crippen LogP) is -0.225. The van der Waals surface area contributed by atoms with E-state index >= 15 is 0 Å². The molecule has 2 aliphatic heterocycles. The lowest BCUT2D eigenvalue weighted by molar-refractivity contribution is 0.393. The van der Waals surface area contributed by atoms with E-state index in [4.69, 9.17) is 0 Å². The summed E-state index contributed by atoms with van der Waals surface area (Å²) in [6.45, 7) is 2.80. The van der Waals surface area contributed by atoms with Crippen LogP contribution in [0.25, 0.3) is 0 Å². The number of aliphatic imine (C=N–C) groups is 1. The Labute approximate surface area is 54.1 Å². The minimum Gasteiger partial charge on any atom is -0.342 e. The molecule has 0 aromatic rings. The molecule has 0 amide bonds. The molecule has 0 saturated carbocycles. The Bertz CT molecular complexity index is 171. The standard InChI is InChI=1S/C6H9N3/c1-2-7-4-9-5-8-3-6(1)9/h1-2,8H,3-5H2. The first-order chi connectivity index (χ1) is 4.47. The second-order valence-electron chi connectivity index (χ2n) is 2.26. The van der Waals surface area contributed by atoms with Crippen molar-refractivity contribution in [1.82, 2.24) is 10.2 Å². The summed E-state index contributed by atoms with van der Waals surface area (Å²) in [5.41, 5.74) is 1.37. The lowest BCUT2D eigenvalue weighted by atomic mass is 10.4. The molecular weight excluding hydrogens is 114 g/mol. The summed E-state index contributed by atoms with van der Waals surface area (Å²) in [5, 5.41) is 3.24. The normalized spacial score (nSPS) is 24.0. The Kier molecular flexibility index (Phi) is 1.02. The van der Waals surface area contributed by atoms with Gasteiger partial charge in [-0.1, -0.05) is 0 Å². The van der Waals surface area contributed by atoms with Crippen molar-refractivity contribution in [2.75, 3.05) is 19.9 Å². The lowest BCUT2D eigenvalue weighted by Gasteiger charge is -2.17. The van der Waals surface area contributed by atoms with E-state index in [2.05, 4.69) is 21.3 Å². The third-order valence-corrected chi connectivity index (χ3v) is 1.64. The summed E-state index contributed by atoms with van der Waals surface area (Å²) < 4.78 is 0. The molecule has 0 unspecified atom stereocenters. The first-order valence-electron chi connectivity index (χ1n) is 3.11. The number of hydrogen-bond acceptors (Lipinski definition) is 3. The first kappa shape index (κ1) is 4.99. The molecule has 3 heteroatoms. The van der Waals surface area contributed by atoms with Crippen LogP contribution in [0.3, 0.4) is 0 Å². The number of hydrogen-bond donors (Lipinski definition) is 1. The third kappa shape index (κ3) is 0.733. The van der Waals surface area contributed by atoms with Gasteiger partial charge in [-0.3, -0.25) is 10.3 Å². The van der Waals surface area contributed by atoms with Gasteiger partial charge in [0.15, 0.2) is 0 Å². The van der Waals surface area contributed by atoms with Gasteiger partial charge >= 0.3 is 0 Å². The maximum absolute atomic E-state index is 4.10. The monoisotopic (exact) mass is 123 g/mol. The molecule has 48 valence electrons. The molecule has 0 spiro atoms. The predicted molar refractivity (Wildman–Crippen MR) is 36.2 cm³/mol. The summed E-state index contributed by atoms with van der Waals surface area (Å²) in [4.78, 5) is 6.33. The molecule has 0 bridgehead atoms. The average molecular weight is 123 g/mol. The van der Waals surface area contributed by atoms with E-state index in [0.717, 1.165) is 19.9 Å². The second kappa shape index (κ2) is 1.84. The minimum atomic E-state index is 0.832. The molecule has 0 atom stereocenters. The maximum Gasteiger partial charge on any atom is 0.111 e. The smallest absolute Gasteiger partial charge is 0.111 e. The van der Waals surface area contributed by atoms with Crippen LogP contribution < -0.4 is 5.32 Å². The highest BCUT2D eigenvalue weighted by Crippen LogP contribution is 2.09. The van der Waals surface area contributed by atoms with E-state index in [9.17, 15) is 0 Å². The zero-order valence-corrected chi connectivity index (χ0v) is 5.17. The fraction of sp³-hybridized carbons (Fsp3) is 0.500. The minimum absolute atomic E-state index is 0.832. The molecule has 1 N–H and O–H groups in total. The van der Waals surface area contributed by atoms with E-state index in [0.29, 0.717) is 0 Å². The molecule has 1 fully saturated rings. The SMILES string of the molecule is C1=NCN2CNCC2=C1. The van der Waals surface area contributed by atoms with Gasteiger partial charge in [-0.25, -0.2) is 0 Å². The zero-order chi connectivity index (χ0) is 6.10. The summed E-state index contributed by atoms with van der Waals surface area (Å²) in [6.07, 6.45) is 3.93. The van der Waals surface area contributed by atoms with Gasteiger partial charge in [0.2, 0.25) is 0 Å². The Morgan fingerprint density at radius 2 is 2.67 bits per heavy atom. The van der Waals surface area contributed by atoms with Crippen molar-refractivity contribution in [3.8, 4) is 0 Å². The number of allylic oxidation sites excluding steroid dienone is 1. The Morgan fingerprint density at radius 3 is 3.56 bits per heavy atom. The van der Waals surface area contributed by atoms with Crippen LogP contribution >= 0.6 is 0 Å². The van der Waals surface area contributed by atoms with Gasteiger partial charge in [-0.2, -0.15) is 0 Å². The number of fused-ring (bicyclic) bond motifs is 1. The molecule has 2 aliphatic rings. The van der Waals surface area contributed by atoms with Crippen molar-refractivity contribution < 1.29 is 0 Å². The van der Waals surface area contributed by atoms with E-state index < -0.39 is 0 Å². The summed E-state index contributed by atoms with van der Waals surface area (Å²) >= 11 is 0. The van der Waals surface area contributed by atoms with E-state index in [1.807, 2.05) is 6.21 Å². The number of nitrogens with one attached hydrogen (secondary N) is 1. The van der Waals surface area contributed by atoms with E-state index in [-0.39, 0.29) is 0 Å². The fourth-order valence-corrected chi connectivity index (χ4v) is 1.12. The van der Waals surface area contributed by atoms with Crippen molar-refractivity contribution in [1.29, 1.82) is 0 Å². The van der Waals surface area contributed by atoms with Crippen molar-refractivity contribution in [2.45, 2.75) is 0 Å². The molecule has 0 aliphatic carbocycles. The summed E-state index contributed by atoms with van der Waals surface area (Å²) in [6, 6.07) is 0. The third-order valence-electron chi connectivity index (χ3n) is 1.64. The highest BCUT2D eigenvalue weighted by atomic mass is 15.3.